The number of piperazine rings is 1. The zero-order chi connectivity index (χ0) is 16.4. The predicted octanol–water partition coefficient (Wildman–Crippen LogP) is 2.11. The van der Waals surface area contributed by atoms with Crippen molar-refractivity contribution in [1.82, 2.24) is 14.9 Å². The van der Waals surface area contributed by atoms with Gasteiger partial charge in [0.2, 0.25) is 5.95 Å². The van der Waals surface area contributed by atoms with E-state index in [2.05, 4.69) is 9.97 Å². The number of carbonyl (C=O) groups excluding carboxylic acids is 1. The number of anilines is 1. The lowest BCUT2D eigenvalue weighted by molar-refractivity contribution is 0.0725. The van der Waals surface area contributed by atoms with Crippen molar-refractivity contribution in [2.45, 2.75) is 13.0 Å². The van der Waals surface area contributed by atoms with Crippen LogP contribution < -0.4 is 4.90 Å². The Hall–Kier alpha value is -2.57. The van der Waals surface area contributed by atoms with Crippen LogP contribution in [0.1, 0.15) is 17.3 Å². The molecule has 5 nitrogen and oxygen atoms in total. The molecule has 0 bridgehead atoms. The number of hydrogen-bond donors (Lipinski definition) is 0. The highest BCUT2D eigenvalue weighted by Gasteiger charge is 2.28. The molecule has 3 rings (SSSR count). The van der Waals surface area contributed by atoms with E-state index >= 15 is 0 Å². The standard InChI is InChI=1S/C16H16F2N4O/c1-11-10-21(16(23)12-7-13(17)9-19-8-12)5-6-22(11)15-4-2-3-14(18)20-15/h2-4,7-9,11H,5-6,10H2,1H3. The third-order valence-electron chi connectivity index (χ3n) is 3.86. The maximum Gasteiger partial charge on any atom is 0.255 e. The summed E-state index contributed by atoms with van der Waals surface area (Å²) in [5, 5.41) is 0. The highest BCUT2D eigenvalue weighted by atomic mass is 19.1. The molecule has 1 aliphatic heterocycles. The van der Waals surface area contributed by atoms with Crippen LogP contribution in [-0.2, 0) is 0 Å². The van der Waals surface area contributed by atoms with Crippen LogP contribution >= 0.6 is 0 Å². The molecule has 1 saturated heterocycles. The van der Waals surface area contributed by atoms with Gasteiger partial charge in [-0.3, -0.25) is 9.78 Å². The summed E-state index contributed by atoms with van der Waals surface area (Å²) in [5.41, 5.74) is 0.231. The lowest BCUT2D eigenvalue weighted by Crippen LogP contribution is -2.54. The average molecular weight is 318 g/mol. The van der Waals surface area contributed by atoms with Gasteiger partial charge in [-0.1, -0.05) is 6.07 Å². The highest BCUT2D eigenvalue weighted by molar-refractivity contribution is 5.94. The number of halogens is 2. The van der Waals surface area contributed by atoms with E-state index in [0.29, 0.717) is 25.5 Å². The number of hydrogen-bond acceptors (Lipinski definition) is 4. The number of nitrogens with zero attached hydrogens (tertiary/aromatic N) is 4. The zero-order valence-corrected chi connectivity index (χ0v) is 12.6. The molecular weight excluding hydrogens is 302 g/mol. The molecule has 0 aliphatic carbocycles. The maximum absolute atomic E-state index is 13.3. The van der Waals surface area contributed by atoms with Crippen molar-refractivity contribution in [3.63, 3.8) is 0 Å². The molecule has 1 fully saturated rings. The van der Waals surface area contributed by atoms with Gasteiger partial charge in [-0.2, -0.15) is 4.39 Å². The van der Waals surface area contributed by atoms with Crippen molar-refractivity contribution < 1.29 is 13.6 Å². The molecule has 3 heterocycles. The molecule has 120 valence electrons. The summed E-state index contributed by atoms with van der Waals surface area (Å²) >= 11 is 0. The Bertz CT molecular complexity index is 725. The first-order valence-corrected chi connectivity index (χ1v) is 7.33. The summed E-state index contributed by atoms with van der Waals surface area (Å²) in [6, 6.07) is 5.81. The molecule has 0 N–H and O–H groups in total. The number of carbonyl (C=O) groups is 1. The number of rotatable bonds is 2. The van der Waals surface area contributed by atoms with Crippen LogP contribution in [0.4, 0.5) is 14.6 Å². The van der Waals surface area contributed by atoms with E-state index in [0.717, 1.165) is 6.20 Å². The zero-order valence-electron chi connectivity index (χ0n) is 12.6. The summed E-state index contributed by atoms with van der Waals surface area (Å²) in [6.07, 6.45) is 2.42. The van der Waals surface area contributed by atoms with Gasteiger partial charge in [-0.05, 0) is 25.1 Å². The second-order valence-electron chi connectivity index (χ2n) is 5.50. The van der Waals surface area contributed by atoms with Gasteiger partial charge in [-0.15, -0.1) is 0 Å². The fourth-order valence-corrected chi connectivity index (χ4v) is 2.75. The SMILES string of the molecule is CC1CN(C(=O)c2cncc(F)c2)CCN1c1cccc(F)n1. The summed E-state index contributed by atoms with van der Waals surface area (Å²) in [6.45, 7) is 3.38. The molecule has 0 aromatic carbocycles. The molecule has 1 unspecified atom stereocenters. The largest absolute Gasteiger partial charge is 0.350 e. The van der Waals surface area contributed by atoms with E-state index in [4.69, 9.17) is 0 Å². The lowest BCUT2D eigenvalue weighted by atomic mass is 10.1. The van der Waals surface area contributed by atoms with Gasteiger partial charge in [0.15, 0.2) is 0 Å². The lowest BCUT2D eigenvalue weighted by Gasteiger charge is -2.40. The van der Waals surface area contributed by atoms with Crippen molar-refractivity contribution in [3.05, 3.63) is 54.0 Å². The number of amides is 1. The van der Waals surface area contributed by atoms with E-state index in [-0.39, 0.29) is 17.5 Å². The smallest absolute Gasteiger partial charge is 0.255 e. The summed E-state index contributed by atoms with van der Waals surface area (Å²) in [4.78, 5) is 23.6. The fourth-order valence-electron chi connectivity index (χ4n) is 2.75. The van der Waals surface area contributed by atoms with Gasteiger partial charge in [0.1, 0.15) is 11.6 Å². The third kappa shape index (κ3) is 3.28. The van der Waals surface area contributed by atoms with Crippen molar-refractivity contribution in [2.75, 3.05) is 24.5 Å². The van der Waals surface area contributed by atoms with Crippen molar-refractivity contribution >= 4 is 11.7 Å². The van der Waals surface area contributed by atoms with Gasteiger partial charge in [0.25, 0.3) is 5.91 Å². The van der Waals surface area contributed by atoms with Crippen LogP contribution in [0, 0.1) is 11.8 Å². The monoisotopic (exact) mass is 318 g/mol. The summed E-state index contributed by atoms with van der Waals surface area (Å²) < 4.78 is 26.5. The molecule has 23 heavy (non-hydrogen) atoms. The number of aromatic nitrogens is 2. The second-order valence-corrected chi connectivity index (χ2v) is 5.50. The second kappa shape index (κ2) is 6.28. The Kier molecular flexibility index (Phi) is 4.18. The molecule has 2 aromatic heterocycles. The minimum atomic E-state index is -0.536. The van der Waals surface area contributed by atoms with Crippen LogP contribution in [0.2, 0.25) is 0 Å². The van der Waals surface area contributed by atoms with Gasteiger partial charge >= 0.3 is 0 Å². The highest BCUT2D eigenvalue weighted by Crippen LogP contribution is 2.19. The van der Waals surface area contributed by atoms with E-state index < -0.39 is 11.8 Å². The maximum atomic E-state index is 13.3. The first kappa shape index (κ1) is 15.3. The molecule has 2 aromatic rings. The molecule has 1 atom stereocenters. The van der Waals surface area contributed by atoms with E-state index in [9.17, 15) is 13.6 Å². The Morgan fingerprint density at radius 1 is 1.26 bits per heavy atom. The normalized spacial score (nSPS) is 18.1. The molecule has 0 spiro atoms. The summed E-state index contributed by atoms with van der Waals surface area (Å²) in [5.74, 6) is -0.766. The first-order valence-electron chi connectivity index (χ1n) is 7.33. The number of pyridine rings is 2. The fraction of sp³-hybridized carbons (Fsp3) is 0.312. The van der Waals surface area contributed by atoms with Gasteiger partial charge < -0.3 is 9.80 Å². The van der Waals surface area contributed by atoms with Crippen molar-refractivity contribution in [1.29, 1.82) is 0 Å². The molecule has 1 amide bonds. The van der Waals surface area contributed by atoms with Crippen LogP contribution in [0.15, 0.2) is 36.7 Å². The van der Waals surface area contributed by atoms with Crippen LogP contribution in [-0.4, -0.2) is 46.5 Å². The van der Waals surface area contributed by atoms with Crippen molar-refractivity contribution in [3.8, 4) is 0 Å². The van der Waals surface area contributed by atoms with Gasteiger partial charge in [0.05, 0.1) is 11.8 Å². The molecule has 0 saturated carbocycles. The van der Waals surface area contributed by atoms with E-state index in [1.54, 1.807) is 17.0 Å². The van der Waals surface area contributed by atoms with Gasteiger partial charge in [-0.25, -0.2) is 9.37 Å². The third-order valence-corrected chi connectivity index (χ3v) is 3.86. The quantitative estimate of drug-likeness (QED) is 0.796. The Labute approximate surface area is 132 Å². The van der Waals surface area contributed by atoms with Crippen LogP contribution in [0.5, 0.6) is 0 Å². The Balaban J connectivity index is 1.72. The molecular formula is C16H16F2N4O. The Morgan fingerprint density at radius 2 is 2.09 bits per heavy atom. The van der Waals surface area contributed by atoms with E-state index in [1.807, 2.05) is 11.8 Å². The topological polar surface area (TPSA) is 49.3 Å². The van der Waals surface area contributed by atoms with Crippen LogP contribution in [0.25, 0.3) is 0 Å². The molecule has 1 aliphatic rings. The summed E-state index contributed by atoms with van der Waals surface area (Å²) in [7, 11) is 0. The van der Waals surface area contributed by atoms with Crippen LogP contribution in [0.3, 0.4) is 0 Å². The minimum absolute atomic E-state index is 0.0245. The molecule has 7 heteroatoms. The first-order chi connectivity index (χ1) is 11.0. The predicted molar refractivity (Wildman–Crippen MR) is 81.1 cm³/mol. The van der Waals surface area contributed by atoms with Gasteiger partial charge in [0, 0.05) is 31.9 Å². The molecule has 0 radical (unpaired) electrons. The van der Waals surface area contributed by atoms with E-state index in [1.165, 1.54) is 18.3 Å². The average Bonchev–Trinajstić information content (AvgIpc) is 2.54. The minimum Gasteiger partial charge on any atom is -0.350 e. The Morgan fingerprint density at radius 3 is 2.78 bits per heavy atom. The van der Waals surface area contributed by atoms with Crippen molar-refractivity contribution in [2.24, 2.45) is 0 Å².